The lowest BCUT2D eigenvalue weighted by molar-refractivity contribution is -0.124. The van der Waals surface area contributed by atoms with Crippen LogP contribution >= 0.6 is 0 Å². The molecule has 3 N–H and O–H groups in total. The van der Waals surface area contributed by atoms with Gasteiger partial charge in [-0.15, -0.1) is 0 Å². The molecule has 0 saturated carbocycles. The number of carbonyl (C=O) groups excluding carboxylic acids is 2. The van der Waals surface area contributed by atoms with E-state index in [0.29, 0.717) is 19.5 Å². The lowest BCUT2D eigenvalue weighted by Gasteiger charge is -2.31. The third-order valence-electron chi connectivity index (χ3n) is 4.95. The zero-order valence-corrected chi connectivity index (χ0v) is 14.0. The second-order valence-corrected chi connectivity index (χ2v) is 6.55. The second kappa shape index (κ2) is 7.55. The Balaban J connectivity index is 1.45. The van der Waals surface area contributed by atoms with Gasteiger partial charge in [-0.1, -0.05) is 18.2 Å². The number of nitrogens with one attached hydrogen (secondary N) is 1. The average Bonchev–Trinajstić information content (AvgIpc) is 3.09. The van der Waals surface area contributed by atoms with Crippen molar-refractivity contribution in [1.29, 1.82) is 0 Å². The standard InChI is InChI=1S/C18H26N4O2/c19-18(24)22-13-4-9-16(22)17(23)20-10-5-12-21-11-3-7-14-6-1-2-8-15(14)21/h1-2,6,8,16H,3-5,7,9-13H2,(H2,19,24)(H,20,23)/t16-/m0/s1. The van der Waals surface area contributed by atoms with Crippen LogP contribution in [0, 0.1) is 0 Å². The Bertz CT molecular complexity index is 604. The highest BCUT2D eigenvalue weighted by Gasteiger charge is 2.32. The molecule has 1 saturated heterocycles. The topological polar surface area (TPSA) is 78.7 Å². The lowest BCUT2D eigenvalue weighted by Crippen LogP contribution is -2.48. The van der Waals surface area contributed by atoms with Gasteiger partial charge in [-0.2, -0.15) is 0 Å². The smallest absolute Gasteiger partial charge is 0.315 e. The van der Waals surface area contributed by atoms with E-state index in [2.05, 4.69) is 34.5 Å². The van der Waals surface area contributed by atoms with Crippen molar-refractivity contribution in [2.45, 2.75) is 38.1 Å². The normalized spacial score (nSPS) is 19.9. The van der Waals surface area contributed by atoms with Crippen molar-refractivity contribution < 1.29 is 9.59 Å². The van der Waals surface area contributed by atoms with Crippen LogP contribution in [-0.2, 0) is 11.2 Å². The molecule has 0 radical (unpaired) electrons. The van der Waals surface area contributed by atoms with Crippen molar-refractivity contribution >= 4 is 17.6 Å². The number of aryl methyl sites for hydroxylation is 1. The first-order valence-electron chi connectivity index (χ1n) is 8.83. The fraction of sp³-hybridized carbons (Fsp3) is 0.556. The predicted molar refractivity (Wildman–Crippen MR) is 93.9 cm³/mol. The minimum atomic E-state index is -0.502. The van der Waals surface area contributed by atoms with E-state index in [4.69, 9.17) is 5.73 Å². The number of hydrogen-bond donors (Lipinski definition) is 2. The molecule has 130 valence electrons. The van der Waals surface area contributed by atoms with E-state index in [1.54, 1.807) is 0 Å². The van der Waals surface area contributed by atoms with Crippen LogP contribution in [0.4, 0.5) is 10.5 Å². The molecule has 1 aromatic rings. The van der Waals surface area contributed by atoms with Crippen LogP contribution in [0.2, 0.25) is 0 Å². The number of amides is 3. The predicted octanol–water partition coefficient (Wildman–Crippen LogP) is 1.49. The number of benzene rings is 1. The summed E-state index contributed by atoms with van der Waals surface area (Å²) in [6.45, 7) is 3.21. The van der Waals surface area contributed by atoms with Crippen LogP contribution in [0.25, 0.3) is 0 Å². The summed E-state index contributed by atoms with van der Waals surface area (Å²) in [4.78, 5) is 27.4. The minimum Gasteiger partial charge on any atom is -0.371 e. The van der Waals surface area contributed by atoms with E-state index in [1.165, 1.54) is 22.6 Å². The zero-order valence-electron chi connectivity index (χ0n) is 14.0. The van der Waals surface area contributed by atoms with Crippen LogP contribution in [0.1, 0.15) is 31.2 Å². The first-order valence-corrected chi connectivity index (χ1v) is 8.83. The van der Waals surface area contributed by atoms with Gasteiger partial charge in [0.15, 0.2) is 0 Å². The summed E-state index contributed by atoms with van der Waals surface area (Å²) in [5.41, 5.74) is 8.06. The molecule has 0 unspecified atom stereocenters. The van der Waals surface area contributed by atoms with Crippen LogP contribution in [0.15, 0.2) is 24.3 Å². The van der Waals surface area contributed by atoms with Gasteiger partial charge in [0.25, 0.3) is 0 Å². The number of hydrogen-bond acceptors (Lipinski definition) is 3. The van der Waals surface area contributed by atoms with Crippen LogP contribution in [-0.4, -0.2) is 49.1 Å². The van der Waals surface area contributed by atoms with Gasteiger partial charge >= 0.3 is 6.03 Å². The summed E-state index contributed by atoms with van der Waals surface area (Å²) in [5.74, 6) is -0.0784. The van der Waals surface area contributed by atoms with Crippen LogP contribution < -0.4 is 16.0 Å². The number of nitrogens with zero attached hydrogens (tertiary/aromatic N) is 2. The number of para-hydroxylation sites is 1. The second-order valence-electron chi connectivity index (χ2n) is 6.55. The molecule has 6 nitrogen and oxygen atoms in total. The molecule has 2 aliphatic rings. The molecular formula is C18H26N4O2. The van der Waals surface area contributed by atoms with E-state index >= 15 is 0 Å². The van der Waals surface area contributed by atoms with Crippen molar-refractivity contribution in [2.75, 3.05) is 31.1 Å². The molecule has 3 rings (SSSR count). The minimum absolute atomic E-state index is 0.0784. The number of primary amides is 1. The van der Waals surface area contributed by atoms with Crippen molar-refractivity contribution in [3.8, 4) is 0 Å². The summed E-state index contributed by atoms with van der Waals surface area (Å²) < 4.78 is 0. The SMILES string of the molecule is NC(=O)N1CCC[C@H]1C(=O)NCCCN1CCCc2ccccc21. The first kappa shape index (κ1) is 16.6. The van der Waals surface area contributed by atoms with E-state index < -0.39 is 12.1 Å². The number of fused-ring (bicyclic) bond motifs is 1. The number of rotatable bonds is 5. The lowest BCUT2D eigenvalue weighted by atomic mass is 10.0. The number of nitrogens with two attached hydrogens (primary N) is 1. The Morgan fingerprint density at radius 1 is 1.21 bits per heavy atom. The number of carbonyl (C=O) groups is 2. The summed E-state index contributed by atoms with van der Waals surface area (Å²) in [6, 6.07) is 7.65. The molecule has 0 spiro atoms. The largest absolute Gasteiger partial charge is 0.371 e. The Hall–Kier alpha value is -2.24. The van der Waals surface area contributed by atoms with Gasteiger partial charge in [-0.3, -0.25) is 4.79 Å². The Kier molecular flexibility index (Phi) is 5.23. The zero-order chi connectivity index (χ0) is 16.9. The Morgan fingerprint density at radius 2 is 2.04 bits per heavy atom. The molecule has 1 aromatic carbocycles. The molecule has 1 fully saturated rings. The van der Waals surface area contributed by atoms with Crippen LogP contribution in [0.3, 0.4) is 0 Å². The third-order valence-corrected chi connectivity index (χ3v) is 4.95. The van der Waals surface area contributed by atoms with Crippen molar-refractivity contribution in [2.24, 2.45) is 5.73 Å². The Labute approximate surface area is 143 Å². The molecule has 2 heterocycles. The summed E-state index contributed by atoms with van der Waals surface area (Å²) in [5, 5.41) is 2.96. The quantitative estimate of drug-likeness (QED) is 0.803. The van der Waals surface area contributed by atoms with E-state index in [0.717, 1.165) is 32.4 Å². The summed E-state index contributed by atoms with van der Waals surface area (Å²) >= 11 is 0. The molecule has 2 aliphatic heterocycles. The van der Waals surface area contributed by atoms with Crippen molar-refractivity contribution in [1.82, 2.24) is 10.2 Å². The average molecular weight is 330 g/mol. The summed E-state index contributed by atoms with van der Waals surface area (Å²) in [6.07, 6.45) is 4.76. The molecule has 0 aromatic heterocycles. The molecule has 0 bridgehead atoms. The van der Waals surface area contributed by atoms with Gasteiger partial charge in [-0.05, 0) is 43.7 Å². The van der Waals surface area contributed by atoms with Gasteiger partial charge < -0.3 is 20.9 Å². The molecular weight excluding hydrogens is 304 g/mol. The van der Waals surface area contributed by atoms with Gasteiger partial charge in [0, 0.05) is 31.9 Å². The molecule has 0 aliphatic carbocycles. The number of likely N-dealkylation sites (tertiary alicyclic amines) is 1. The molecule has 6 heteroatoms. The monoisotopic (exact) mass is 330 g/mol. The maximum atomic E-state index is 12.2. The fourth-order valence-electron chi connectivity index (χ4n) is 3.75. The molecule has 3 amide bonds. The highest BCUT2D eigenvalue weighted by atomic mass is 16.2. The van der Waals surface area contributed by atoms with E-state index in [9.17, 15) is 9.59 Å². The van der Waals surface area contributed by atoms with Crippen molar-refractivity contribution in [3.63, 3.8) is 0 Å². The van der Waals surface area contributed by atoms with E-state index in [-0.39, 0.29) is 5.91 Å². The van der Waals surface area contributed by atoms with Gasteiger partial charge in [0.05, 0.1) is 0 Å². The van der Waals surface area contributed by atoms with Gasteiger partial charge in [0.1, 0.15) is 6.04 Å². The van der Waals surface area contributed by atoms with Gasteiger partial charge in [-0.25, -0.2) is 4.79 Å². The molecule has 1 atom stereocenters. The van der Waals surface area contributed by atoms with E-state index in [1.807, 2.05) is 0 Å². The highest BCUT2D eigenvalue weighted by Crippen LogP contribution is 2.26. The summed E-state index contributed by atoms with van der Waals surface area (Å²) in [7, 11) is 0. The number of anilines is 1. The molecule has 24 heavy (non-hydrogen) atoms. The highest BCUT2D eigenvalue weighted by molar-refractivity contribution is 5.87. The van der Waals surface area contributed by atoms with Gasteiger partial charge in [0.2, 0.25) is 5.91 Å². The third kappa shape index (κ3) is 3.63. The van der Waals surface area contributed by atoms with Crippen molar-refractivity contribution in [3.05, 3.63) is 29.8 Å². The van der Waals surface area contributed by atoms with Crippen LogP contribution in [0.5, 0.6) is 0 Å². The first-order chi connectivity index (χ1) is 11.7. The maximum absolute atomic E-state index is 12.2. The number of urea groups is 1. The Morgan fingerprint density at radius 3 is 2.88 bits per heavy atom. The maximum Gasteiger partial charge on any atom is 0.315 e. The fourth-order valence-corrected chi connectivity index (χ4v) is 3.75.